The van der Waals surface area contributed by atoms with E-state index in [4.69, 9.17) is 4.74 Å². The molecule has 1 heterocycles. The molecule has 3 rings (SSSR count). The van der Waals surface area contributed by atoms with E-state index in [2.05, 4.69) is 17.4 Å². The predicted octanol–water partition coefficient (Wildman–Crippen LogP) is 2.40. The summed E-state index contributed by atoms with van der Waals surface area (Å²) in [6, 6.07) is 15.2. The average Bonchev–Trinajstić information content (AvgIpc) is 2.67. The highest BCUT2D eigenvalue weighted by atomic mass is 16.5. The van der Waals surface area contributed by atoms with Gasteiger partial charge in [0.1, 0.15) is 5.75 Å². The number of carbonyl (C=O) groups is 2. The van der Waals surface area contributed by atoms with Crippen molar-refractivity contribution in [3.05, 3.63) is 65.2 Å². The Morgan fingerprint density at radius 2 is 1.92 bits per heavy atom. The zero-order chi connectivity index (χ0) is 17.6. The van der Waals surface area contributed by atoms with Crippen LogP contribution in [-0.2, 0) is 17.8 Å². The number of methoxy groups -OCH3 is 1. The monoisotopic (exact) mass is 338 g/mol. The van der Waals surface area contributed by atoms with Crippen molar-refractivity contribution < 1.29 is 14.3 Å². The van der Waals surface area contributed by atoms with Crippen LogP contribution < -0.4 is 10.1 Å². The van der Waals surface area contributed by atoms with Crippen LogP contribution in [0, 0.1) is 0 Å². The Labute approximate surface area is 147 Å². The summed E-state index contributed by atoms with van der Waals surface area (Å²) in [5.74, 6) is 0.506. The van der Waals surface area contributed by atoms with E-state index in [0.29, 0.717) is 30.8 Å². The lowest BCUT2D eigenvalue weighted by Gasteiger charge is -2.29. The Balaban J connectivity index is 1.49. The van der Waals surface area contributed by atoms with Crippen molar-refractivity contribution >= 4 is 11.8 Å². The third kappa shape index (κ3) is 4.18. The van der Waals surface area contributed by atoms with Gasteiger partial charge in [-0.15, -0.1) is 0 Å². The van der Waals surface area contributed by atoms with Gasteiger partial charge in [-0.2, -0.15) is 0 Å². The summed E-state index contributed by atoms with van der Waals surface area (Å²) in [6.45, 7) is 1.71. The number of rotatable bonds is 5. The molecule has 0 atom stereocenters. The number of amides is 2. The molecule has 1 N–H and O–H groups in total. The van der Waals surface area contributed by atoms with Crippen LogP contribution >= 0.6 is 0 Å². The maximum atomic E-state index is 12.4. The molecule has 0 radical (unpaired) electrons. The topological polar surface area (TPSA) is 58.6 Å². The van der Waals surface area contributed by atoms with E-state index >= 15 is 0 Å². The van der Waals surface area contributed by atoms with E-state index in [9.17, 15) is 9.59 Å². The smallest absolute Gasteiger partial charge is 0.251 e. The molecular formula is C20H22N2O3. The summed E-state index contributed by atoms with van der Waals surface area (Å²) in [5, 5.41) is 2.80. The van der Waals surface area contributed by atoms with Crippen LogP contribution in [0.5, 0.6) is 5.75 Å². The van der Waals surface area contributed by atoms with E-state index < -0.39 is 0 Å². The normalized spacial score (nSPS) is 13.1. The zero-order valence-corrected chi connectivity index (χ0v) is 14.3. The maximum absolute atomic E-state index is 12.4. The number of fused-ring (bicyclic) bond motifs is 1. The Morgan fingerprint density at radius 1 is 1.12 bits per heavy atom. The number of hydrogen-bond donors (Lipinski definition) is 1. The molecule has 1 aliphatic heterocycles. The lowest BCUT2D eigenvalue weighted by atomic mass is 10.00. The highest BCUT2D eigenvalue weighted by Gasteiger charge is 2.20. The molecule has 2 aromatic rings. The van der Waals surface area contributed by atoms with Gasteiger partial charge >= 0.3 is 0 Å². The van der Waals surface area contributed by atoms with Crippen molar-refractivity contribution in [1.82, 2.24) is 10.2 Å². The Hall–Kier alpha value is -2.82. The van der Waals surface area contributed by atoms with Crippen molar-refractivity contribution in [2.45, 2.75) is 19.4 Å². The van der Waals surface area contributed by atoms with Crippen molar-refractivity contribution in [3.8, 4) is 5.75 Å². The molecule has 1 aliphatic rings. The van der Waals surface area contributed by atoms with Gasteiger partial charge in [0.2, 0.25) is 5.91 Å². The second kappa shape index (κ2) is 7.83. The fraction of sp³-hybridized carbons (Fsp3) is 0.300. The minimum absolute atomic E-state index is 0.0699. The SMILES string of the molecule is COc1cccc(C(=O)NCCC(=O)N2CCc3ccccc3C2)c1. The molecule has 5 nitrogen and oxygen atoms in total. The first-order valence-electron chi connectivity index (χ1n) is 8.44. The standard InChI is InChI=1S/C20H22N2O3/c1-25-18-8-4-7-16(13-18)20(24)21-11-9-19(23)22-12-10-15-5-2-3-6-17(15)14-22/h2-8,13H,9-12,14H2,1H3,(H,21,24). The number of carbonyl (C=O) groups excluding carboxylic acids is 2. The highest BCUT2D eigenvalue weighted by Crippen LogP contribution is 2.19. The molecule has 0 aromatic heterocycles. The summed E-state index contributed by atoms with van der Waals surface area (Å²) in [7, 11) is 1.56. The fourth-order valence-electron chi connectivity index (χ4n) is 3.02. The minimum Gasteiger partial charge on any atom is -0.497 e. The van der Waals surface area contributed by atoms with Gasteiger partial charge in [0, 0.05) is 31.6 Å². The lowest BCUT2D eigenvalue weighted by Crippen LogP contribution is -2.38. The first kappa shape index (κ1) is 17.0. The van der Waals surface area contributed by atoms with Crippen LogP contribution in [0.2, 0.25) is 0 Å². The van der Waals surface area contributed by atoms with Crippen LogP contribution in [0.1, 0.15) is 27.9 Å². The molecule has 0 spiro atoms. The molecule has 0 fully saturated rings. The summed E-state index contributed by atoms with van der Waals surface area (Å²) < 4.78 is 5.11. The summed E-state index contributed by atoms with van der Waals surface area (Å²) in [5.41, 5.74) is 3.05. The fourth-order valence-corrected chi connectivity index (χ4v) is 3.02. The van der Waals surface area contributed by atoms with E-state index in [0.717, 1.165) is 13.0 Å². The van der Waals surface area contributed by atoms with Crippen LogP contribution in [0.3, 0.4) is 0 Å². The van der Waals surface area contributed by atoms with Gasteiger partial charge in [-0.05, 0) is 35.7 Å². The van der Waals surface area contributed by atoms with E-state index in [-0.39, 0.29) is 11.8 Å². The van der Waals surface area contributed by atoms with Crippen LogP contribution in [0.25, 0.3) is 0 Å². The molecule has 0 saturated carbocycles. The Kier molecular flexibility index (Phi) is 5.33. The summed E-state index contributed by atoms with van der Waals surface area (Å²) >= 11 is 0. The van der Waals surface area contributed by atoms with Gasteiger partial charge in [0.15, 0.2) is 0 Å². The van der Waals surface area contributed by atoms with Crippen molar-refractivity contribution in [2.24, 2.45) is 0 Å². The van der Waals surface area contributed by atoms with Crippen LogP contribution in [0.15, 0.2) is 48.5 Å². The third-order valence-electron chi connectivity index (χ3n) is 4.44. The van der Waals surface area contributed by atoms with E-state index in [1.54, 1.807) is 31.4 Å². The first-order chi connectivity index (χ1) is 12.2. The molecule has 0 saturated heterocycles. The molecule has 0 bridgehead atoms. The second-order valence-corrected chi connectivity index (χ2v) is 6.07. The lowest BCUT2D eigenvalue weighted by molar-refractivity contribution is -0.131. The highest BCUT2D eigenvalue weighted by molar-refractivity contribution is 5.94. The molecule has 25 heavy (non-hydrogen) atoms. The van der Waals surface area contributed by atoms with Crippen molar-refractivity contribution in [2.75, 3.05) is 20.2 Å². The molecule has 0 aliphatic carbocycles. The van der Waals surface area contributed by atoms with Crippen LogP contribution in [0.4, 0.5) is 0 Å². The van der Waals surface area contributed by atoms with Gasteiger partial charge in [0.05, 0.1) is 7.11 Å². The van der Waals surface area contributed by atoms with Crippen LogP contribution in [-0.4, -0.2) is 36.9 Å². The molecule has 5 heteroatoms. The quantitative estimate of drug-likeness (QED) is 0.911. The summed E-state index contributed by atoms with van der Waals surface area (Å²) in [4.78, 5) is 26.4. The number of ether oxygens (including phenoxy) is 1. The first-order valence-corrected chi connectivity index (χ1v) is 8.44. The van der Waals surface area contributed by atoms with Gasteiger partial charge in [-0.3, -0.25) is 9.59 Å². The minimum atomic E-state index is -0.198. The zero-order valence-electron chi connectivity index (χ0n) is 14.3. The Morgan fingerprint density at radius 3 is 2.72 bits per heavy atom. The average molecular weight is 338 g/mol. The number of nitrogens with one attached hydrogen (secondary N) is 1. The van der Waals surface area contributed by atoms with E-state index in [1.807, 2.05) is 17.0 Å². The van der Waals surface area contributed by atoms with Gasteiger partial charge in [-0.1, -0.05) is 30.3 Å². The number of benzene rings is 2. The summed E-state index contributed by atoms with van der Waals surface area (Å²) in [6.07, 6.45) is 1.19. The largest absolute Gasteiger partial charge is 0.497 e. The van der Waals surface area contributed by atoms with E-state index in [1.165, 1.54) is 11.1 Å². The van der Waals surface area contributed by atoms with Gasteiger partial charge in [-0.25, -0.2) is 0 Å². The Bertz CT molecular complexity index is 773. The van der Waals surface area contributed by atoms with Crippen molar-refractivity contribution in [1.29, 1.82) is 0 Å². The molecule has 2 amide bonds. The third-order valence-corrected chi connectivity index (χ3v) is 4.44. The molecule has 130 valence electrons. The second-order valence-electron chi connectivity index (χ2n) is 6.07. The van der Waals surface area contributed by atoms with Gasteiger partial charge < -0.3 is 15.0 Å². The van der Waals surface area contributed by atoms with Crippen molar-refractivity contribution in [3.63, 3.8) is 0 Å². The molecular weight excluding hydrogens is 316 g/mol. The maximum Gasteiger partial charge on any atom is 0.251 e. The molecule has 0 unspecified atom stereocenters. The molecule has 2 aromatic carbocycles. The number of nitrogens with zero attached hydrogens (tertiary/aromatic N) is 1. The van der Waals surface area contributed by atoms with Gasteiger partial charge in [0.25, 0.3) is 5.91 Å². The number of hydrogen-bond acceptors (Lipinski definition) is 3. The predicted molar refractivity (Wildman–Crippen MR) is 95.5 cm³/mol.